The Morgan fingerprint density at radius 3 is 2.19 bits per heavy atom. The molecule has 1 aliphatic carbocycles. The Morgan fingerprint density at radius 1 is 1.06 bits per heavy atom. The van der Waals surface area contributed by atoms with E-state index in [1.807, 2.05) is 0 Å². The van der Waals surface area contributed by atoms with Crippen LogP contribution in [0.15, 0.2) is 11.6 Å². The van der Waals surface area contributed by atoms with Crippen LogP contribution < -0.4 is 0 Å². The van der Waals surface area contributed by atoms with E-state index in [0.29, 0.717) is 0 Å². The van der Waals surface area contributed by atoms with E-state index >= 15 is 0 Å². The third-order valence-corrected chi connectivity index (χ3v) is 4.94. The van der Waals surface area contributed by atoms with E-state index < -0.39 is 0 Å². The topological polar surface area (TPSA) is 0 Å². The van der Waals surface area contributed by atoms with Gasteiger partial charge in [0.25, 0.3) is 0 Å². The summed E-state index contributed by atoms with van der Waals surface area (Å²) in [5, 5.41) is 0. The molecule has 1 heteroatoms. The third-order valence-electron chi connectivity index (χ3n) is 3.42. The minimum atomic E-state index is 1.03. The zero-order valence-corrected chi connectivity index (χ0v) is 13.1. The van der Waals surface area contributed by atoms with Crippen LogP contribution in [0.1, 0.15) is 71.6 Å². The first kappa shape index (κ1) is 14.5. The molecule has 0 aromatic rings. The molecule has 0 N–H and O–H groups in total. The van der Waals surface area contributed by atoms with E-state index in [-0.39, 0.29) is 0 Å². The lowest BCUT2D eigenvalue weighted by atomic mass is 10.1. The van der Waals surface area contributed by atoms with Crippen molar-refractivity contribution in [1.29, 1.82) is 0 Å². The van der Waals surface area contributed by atoms with E-state index in [2.05, 4.69) is 42.5 Å². The monoisotopic (exact) mass is 334 g/mol. The first-order valence-corrected chi connectivity index (χ1v) is 8.22. The van der Waals surface area contributed by atoms with Crippen LogP contribution in [0.5, 0.6) is 0 Å². The van der Waals surface area contributed by atoms with Crippen LogP contribution in [-0.4, -0.2) is 3.92 Å². The predicted octanol–water partition coefficient (Wildman–Crippen LogP) is 5.90. The Labute approximate surface area is 115 Å². The summed E-state index contributed by atoms with van der Waals surface area (Å²) in [5.41, 5.74) is 1.47. The van der Waals surface area contributed by atoms with Crippen molar-refractivity contribution in [2.24, 2.45) is 5.92 Å². The summed E-state index contributed by atoms with van der Waals surface area (Å²) in [4.78, 5) is 0. The molecule has 0 aromatic heterocycles. The van der Waals surface area contributed by atoms with Gasteiger partial charge in [0, 0.05) is 3.92 Å². The van der Waals surface area contributed by atoms with Crippen LogP contribution >= 0.6 is 22.6 Å². The van der Waals surface area contributed by atoms with Crippen LogP contribution in [-0.2, 0) is 0 Å². The molecule has 0 aromatic carbocycles. The second kappa shape index (κ2) is 8.54. The molecule has 0 bridgehead atoms. The molecule has 2 unspecified atom stereocenters. The second-order valence-electron chi connectivity index (χ2n) is 5.49. The van der Waals surface area contributed by atoms with Crippen molar-refractivity contribution >= 4 is 22.6 Å². The minimum Gasteiger partial charge on any atom is -0.0859 e. The summed E-state index contributed by atoms with van der Waals surface area (Å²) in [6, 6.07) is 0. The van der Waals surface area contributed by atoms with Crippen molar-refractivity contribution in [1.82, 2.24) is 0 Å². The van der Waals surface area contributed by atoms with Gasteiger partial charge in [-0.05, 0) is 45.4 Å². The molecule has 1 fully saturated rings. The number of rotatable bonds is 9. The van der Waals surface area contributed by atoms with E-state index in [1.165, 1.54) is 63.4 Å². The molecule has 0 radical (unpaired) electrons. The zero-order valence-electron chi connectivity index (χ0n) is 11.0. The van der Waals surface area contributed by atoms with Crippen molar-refractivity contribution in [3.8, 4) is 0 Å². The van der Waals surface area contributed by atoms with Crippen LogP contribution in [0, 0.1) is 5.92 Å². The van der Waals surface area contributed by atoms with Gasteiger partial charge in [0.2, 0.25) is 0 Å². The van der Waals surface area contributed by atoms with Crippen LogP contribution in [0.2, 0.25) is 0 Å². The molecule has 0 spiro atoms. The van der Waals surface area contributed by atoms with E-state index in [9.17, 15) is 0 Å². The lowest BCUT2D eigenvalue weighted by Gasteiger charge is -2.00. The Bertz CT molecular complexity index is 203. The average Bonchev–Trinajstić information content (AvgIpc) is 2.92. The van der Waals surface area contributed by atoms with Gasteiger partial charge in [-0.2, -0.15) is 0 Å². The van der Waals surface area contributed by atoms with Crippen molar-refractivity contribution in [2.45, 2.75) is 75.6 Å². The van der Waals surface area contributed by atoms with Gasteiger partial charge in [0.15, 0.2) is 0 Å². The zero-order chi connectivity index (χ0) is 11.8. The van der Waals surface area contributed by atoms with Crippen molar-refractivity contribution in [3.63, 3.8) is 0 Å². The number of unbranched alkanes of at least 4 members (excludes halogenated alkanes) is 6. The van der Waals surface area contributed by atoms with E-state index in [0.717, 1.165) is 9.84 Å². The number of allylic oxidation sites excluding steroid dienone is 2. The summed E-state index contributed by atoms with van der Waals surface area (Å²) in [6.45, 7) is 4.39. The summed E-state index contributed by atoms with van der Waals surface area (Å²) >= 11 is 2.60. The fourth-order valence-corrected chi connectivity index (χ4v) is 3.17. The smallest absolute Gasteiger partial charge is 0.0141 e. The highest BCUT2D eigenvalue weighted by molar-refractivity contribution is 14.1. The van der Waals surface area contributed by atoms with Gasteiger partial charge in [0.1, 0.15) is 0 Å². The van der Waals surface area contributed by atoms with Gasteiger partial charge in [-0.1, -0.05) is 66.3 Å². The third kappa shape index (κ3) is 7.70. The summed E-state index contributed by atoms with van der Waals surface area (Å²) in [5.74, 6) is 1.10. The van der Waals surface area contributed by atoms with Crippen LogP contribution in [0.25, 0.3) is 0 Å². The number of halogens is 1. The predicted molar refractivity (Wildman–Crippen MR) is 82.3 cm³/mol. The highest BCUT2D eigenvalue weighted by Gasteiger charge is 2.33. The summed E-state index contributed by atoms with van der Waals surface area (Å²) in [6.07, 6.45) is 15.4. The lowest BCUT2D eigenvalue weighted by molar-refractivity contribution is 0.564. The van der Waals surface area contributed by atoms with Gasteiger partial charge in [-0.3, -0.25) is 0 Å². The molecule has 1 rings (SSSR count). The highest BCUT2D eigenvalue weighted by Crippen LogP contribution is 2.41. The van der Waals surface area contributed by atoms with Gasteiger partial charge < -0.3 is 0 Å². The fourth-order valence-electron chi connectivity index (χ4n) is 2.16. The molecular weight excluding hydrogens is 307 g/mol. The maximum absolute atomic E-state index is 2.60. The number of hydrogen-bond donors (Lipinski definition) is 0. The molecule has 94 valence electrons. The van der Waals surface area contributed by atoms with Gasteiger partial charge >= 0.3 is 0 Å². The van der Waals surface area contributed by atoms with E-state index in [1.54, 1.807) is 0 Å². The Hall–Kier alpha value is 0.470. The summed E-state index contributed by atoms with van der Waals surface area (Å²) < 4.78 is 1.03. The maximum Gasteiger partial charge on any atom is 0.0141 e. The molecule has 2 atom stereocenters. The lowest BCUT2D eigenvalue weighted by Crippen LogP contribution is -1.83. The summed E-state index contributed by atoms with van der Waals surface area (Å²) in [7, 11) is 0. The van der Waals surface area contributed by atoms with E-state index in [4.69, 9.17) is 0 Å². The molecule has 0 aliphatic heterocycles. The maximum atomic E-state index is 2.60. The molecule has 0 amide bonds. The Morgan fingerprint density at radius 2 is 1.62 bits per heavy atom. The van der Waals surface area contributed by atoms with Crippen molar-refractivity contribution in [3.05, 3.63) is 11.6 Å². The first-order valence-electron chi connectivity index (χ1n) is 6.97. The molecular formula is C15H27I. The highest BCUT2D eigenvalue weighted by atomic mass is 127. The second-order valence-corrected chi connectivity index (χ2v) is 7.09. The average molecular weight is 334 g/mol. The molecule has 1 aliphatic rings. The van der Waals surface area contributed by atoms with Gasteiger partial charge in [-0.15, -0.1) is 0 Å². The van der Waals surface area contributed by atoms with Gasteiger partial charge in [0.05, 0.1) is 0 Å². The molecule has 0 nitrogen and oxygen atoms in total. The normalized spacial score (nSPS) is 23.2. The Kier molecular flexibility index (Phi) is 7.76. The van der Waals surface area contributed by atoms with Crippen molar-refractivity contribution < 1.29 is 0 Å². The largest absolute Gasteiger partial charge is 0.0859 e. The van der Waals surface area contributed by atoms with Crippen LogP contribution in [0.4, 0.5) is 0 Å². The molecule has 1 saturated carbocycles. The van der Waals surface area contributed by atoms with Crippen LogP contribution in [0.3, 0.4) is 0 Å². The minimum absolute atomic E-state index is 1.03. The van der Waals surface area contributed by atoms with Crippen molar-refractivity contribution in [2.75, 3.05) is 0 Å². The first-order chi connectivity index (χ1) is 7.70. The van der Waals surface area contributed by atoms with Gasteiger partial charge in [-0.25, -0.2) is 0 Å². The SMILES string of the molecule is CC(C)=CCCCCCCCCC1CC1I. The standard InChI is InChI=1S/C15H27I/c1-13(2)10-8-6-4-3-5-7-9-11-14-12-15(14)16/h10,14-15H,3-9,11-12H2,1-2H3. The number of hydrogen-bond acceptors (Lipinski definition) is 0. The Balaban J connectivity index is 1.73. The fraction of sp³-hybridized carbons (Fsp3) is 0.867. The molecule has 0 heterocycles. The molecule has 16 heavy (non-hydrogen) atoms. The molecule has 0 saturated heterocycles. The quantitative estimate of drug-likeness (QED) is 0.213. The number of alkyl halides is 1.